The molecule has 4 rings (SSSR count). The number of carbonyl (C=O) groups excluding carboxylic acids is 1. The minimum absolute atomic E-state index is 0.201. The van der Waals surface area contributed by atoms with E-state index in [0.29, 0.717) is 29.0 Å². The standard InChI is InChI=1S/C17H18ClN5O2/c1-17(2)9-22-14-12(15(24)21(3)16(22)19-17)13(18)23(20-14)10-5-7-11(25-4)8-6-10/h5-8H,9H2,1-4H3. The summed E-state index contributed by atoms with van der Waals surface area (Å²) in [6.45, 7) is 4.69. The molecule has 0 spiro atoms. The molecular formula is C17H18ClN5O2. The lowest BCUT2D eigenvalue weighted by molar-refractivity contribution is 0.0865. The van der Waals surface area contributed by atoms with Crippen molar-refractivity contribution in [3.8, 4) is 11.4 Å². The minimum Gasteiger partial charge on any atom is -0.497 e. The number of hydrogen-bond donors (Lipinski definition) is 0. The first-order chi connectivity index (χ1) is 11.8. The first kappa shape index (κ1) is 16.0. The second-order valence-corrected chi connectivity index (χ2v) is 7.13. The van der Waals surface area contributed by atoms with E-state index in [9.17, 15) is 4.79 Å². The molecule has 0 bridgehead atoms. The van der Waals surface area contributed by atoms with Gasteiger partial charge >= 0.3 is 0 Å². The number of aromatic nitrogens is 2. The highest BCUT2D eigenvalue weighted by Crippen LogP contribution is 2.38. The molecule has 1 aromatic heterocycles. The van der Waals surface area contributed by atoms with E-state index in [1.165, 1.54) is 4.90 Å². The third-order valence-electron chi connectivity index (χ3n) is 4.39. The Morgan fingerprint density at radius 1 is 1.24 bits per heavy atom. The van der Waals surface area contributed by atoms with E-state index in [1.54, 1.807) is 18.8 Å². The van der Waals surface area contributed by atoms with Gasteiger partial charge in [-0.2, -0.15) is 0 Å². The summed E-state index contributed by atoms with van der Waals surface area (Å²) in [5, 5.41) is 4.90. The Morgan fingerprint density at radius 3 is 2.56 bits per heavy atom. The number of carbonyl (C=O) groups is 1. The Labute approximate surface area is 150 Å². The highest BCUT2D eigenvalue weighted by Gasteiger charge is 2.44. The molecule has 0 radical (unpaired) electrons. The number of ether oxygens (including phenoxy) is 1. The third-order valence-corrected chi connectivity index (χ3v) is 4.74. The zero-order valence-electron chi connectivity index (χ0n) is 14.4. The molecule has 2 aliphatic heterocycles. The molecular weight excluding hydrogens is 342 g/mol. The first-order valence-corrected chi connectivity index (χ1v) is 8.28. The van der Waals surface area contributed by atoms with Crippen molar-refractivity contribution in [3.05, 3.63) is 35.0 Å². The molecule has 3 heterocycles. The average molecular weight is 360 g/mol. The number of methoxy groups -OCH3 is 1. The van der Waals surface area contributed by atoms with Crippen LogP contribution >= 0.6 is 11.6 Å². The summed E-state index contributed by atoms with van der Waals surface area (Å²) in [6.07, 6.45) is 0. The van der Waals surface area contributed by atoms with Gasteiger partial charge in [-0.25, -0.2) is 9.67 Å². The van der Waals surface area contributed by atoms with Crippen LogP contribution in [0.15, 0.2) is 29.3 Å². The van der Waals surface area contributed by atoms with Crippen molar-refractivity contribution in [3.63, 3.8) is 0 Å². The molecule has 2 aromatic rings. The van der Waals surface area contributed by atoms with Crippen LogP contribution in [0.4, 0.5) is 5.82 Å². The lowest BCUT2D eigenvalue weighted by atomic mass is 10.1. The minimum atomic E-state index is -0.290. The number of benzene rings is 1. The van der Waals surface area contributed by atoms with E-state index in [-0.39, 0.29) is 11.4 Å². The number of rotatable bonds is 2. The maximum Gasteiger partial charge on any atom is 0.267 e. The molecule has 7 nitrogen and oxygen atoms in total. The maximum atomic E-state index is 12.8. The Hall–Kier alpha value is -2.54. The van der Waals surface area contributed by atoms with Crippen LogP contribution in [0, 0.1) is 0 Å². The fraction of sp³-hybridized carbons (Fsp3) is 0.353. The normalized spacial score (nSPS) is 18.1. The summed E-state index contributed by atoms with van der Waals surface area (Å²) < 4.78 is 6.76. The van der Waals surface area contributed by atoms with Crippen molar-refractivity contribution in [2.75, 3.05) is 25.6 Å². The predicted molar refractivity (Wildman–Crippen MR) is 96.1 cm³/mol. The molecule has 2 aliphatic rings. The Morgan fingerprint density at radius 2 is 1.92 bits per heavy atom. The smallest absolute Gasteiger partial charge is 0.267 e. The number of aliphatic imine (C=N–C) groups is 1. The summed E-state index contributed by atoms with van der Waals surface area (Å²) in [5.74, 6) is 1.70. The summed E-state index contributed by atoms with van der Waals surface area (Å²) >= 11 is 6.53. The van der Waals surface area contributed by atoms with Gasteiger partial charge in [0.05, 0.1) is 24.9 Å². The number of halogens is 1. The molecule has 0 saturated heterocycles. The van der Waals surface area contributed by atoms with Crippen LogP contribution in [0.25, 0.3) is 5.69 Å². The number of guanidine groups is 1. The van der Waals surface area contributed by atoms with Gasteiger partial charge in [0.25, 0.3) is 5.91 Å². The van der Waals surface area contributed by atoms with Gasteiger partial charge in [0.1, 0.15) is 16.5 Å². The van der Waals surface area contributed by atoms with Crippen molar-refractivity contribution in [1.29, 1.82) is 0 Å². The van der Waals surface area contributed by atoms with E-state index < -0.39 is 0 Å². The van der Waals surface area contributed by atoms with Gasteiger partial charge in [0, 0.05) is 7.05 Å². The lowest BCUT2D eigenvalue weighted by Gasteiger charge is -2.30. The van der Waals surface area contributed by atoms with Crippen molar-refractivity contribution >= 4 is 29.3 Å². The molecule has 1 aromatic carbocycles. The summed E-state index contributed by atoms with van der Waals surface area (Å²) in [6, 6.07) is 7.35. The molecule has 0 unspecified atom stereocenters. The molecule has 0 fully saturated rings. The molecule has 25 heavy (non-hydrogen) atoms. The second-order valence-electron chi connectivity index (χ2n) is 6.77. The highest BCUT2D eigenvalue weighted by molar-refractivity contribution is 6.35. The topological polar surface area (TPSA) is 63.0 Å². The molecule has 0 aliphatic carbocycles. The number of fused-ring (bicyclic) bond motifs is 3. The van der Waals surface area contributed by atoms with Crippen LogP contribution in [0.2, 0.25) is 5.15 Å². The summed E-state index contributed by atoms with van der Waals surface area (Å²) in [5.41, 5.74) is 0.867. The van der Waals surface area contributed by atoms with Crippen molar-refractivity contribution in [2.24, 2.45) is 4.99 Å². The van der Waals surface area contributed by atoms with E-state index in [2.05, 4.69) is 10.1 Å². The van der Waals surface area contributed by atoms with E-state index in [4.69, 9.17) is 16.3 Å². The fourth-order valence-corrected chi connectivity index (χ4v) is 3.46. The third kappa shape index (κ3) is 2.30. The van der Waals surface area contributed by atoms with Gasteiger partial charge in [-0.05, 0) is 38.1 Å². The summed E-state index contributed by atoms with van der Waals surface area (Å²) in [7, 11) is 3.32. The Kier molecular flexibility index (Phi) is 3.34. The van der Waals surface area contributed by atoms with Gasteiger partial charge in [0.2, 0.25) is 5.96 Å². The largest absolute Gasteiger partial charge is 0.497 e. The van der Waals surface area contributed by atoms with Crippen molar-refractivity contribution < 1.29 is 9.53 Å². The Bertz CT molecular complexity index is 901. The number of anilines is 1. The first-order valence-electron chi connectivity index (χ1n) is 7.91. The fourth-order valence-electron chi connectivity index (χ4n) is 3.16. The lowest BCUT2D eigenvalue weighted by Crippen LogP contribution is -2.48. The maximum absolute atomic E-state index is 12.8. The molecule has 0 N–H and O–H groups in total. The zero-order valence-corrected chi connectivity index (χ0v) is 15.2. The van der Waals surface area contributed by atoms with Gasteiger partial charge in [-0.15, -0.1) is 5.10 Å². The monoisotopic (exact) mass is 359 g/mol. The van der Waals surface area contributed by atoms with E-state index in [1.807, 2.05) is 43.0 Å². The predicted octanol–water partition coefficient (Wildman–Crippen LogP) is 2.57. The summed E-state index contributed by atoms with van der Waals surface area (Å²) in [4.78, 5) is 20.9. The molecule has 130 valence electrons. The molecule has 1 amide bonds. The van der Waals surface area contributed by atoms with Crippen molar-refractivity contribution in [1.82, 2.24) is 14.7 Å². The number of amides is 1. The highest BCUT2D eigenvalue weighted by atomic mass is 35.5. The van der Waals surface area contributed by atoms with Crippen LogP contribution in [-0.2, 0) is 0 Å². The van der Waals surface area contributed by atoms with Gasteiger partial charge in [-0.3, -0.25) is 14.6 Å². The molecule has 0 atom stereocenters. The Balaban J connectivity index is 1.86. The van der Waals surface area contributed by atoms with Crippen LogP contribution in [0.1, 0.15) is 24.2 Å². The number of hydrogen-bond acceptors (Lipinski definition) is 5. The average Bonchev–Trinajstić information content (AvgIpc) is 3.10. The van der Waals surface area contributed by atoms with Crippen LogP contribution in [-0.4, -0.2) is 52.8 Å². The van der Waals surface area contributed by atoms with E-state index in [0.717, 1.165) is 11.4 Å². The van der Waals surface area contributed by atoms with Gasteiger partial charge < -0.3 is 4.74 Å². The number of nitrogens with zero attached hydrogens (tertiary/aromatic N) is 5. The van der Waals surface area contributed by atoms with Crippen molar-refractivity contribution in [2.45, 2.75) is 19.4 Å². The van der Waals surface area contributed by atoms with Crippen LogP contribution in [0.5, 0.6) is 5.75 Å². The second kappa shape index (κ2) is 5.23. The van der Waals surface area contributed by atoms with Crippen LogP contribution in [0.3, 0.4) is 0 Å². The SMILES string of the molecule is COc1ccc(-n2nc3c(c2Cl)C(=O)N(C)C2=NC(C)(C)CN23)cc1. The van der Waals surface area contributed by atoms with Gasteiger partial charge in [0.15, 0.2) is 5.82 Å². The van der Waals surface area contributed by atoms with Gasteiger partial charge in [-0.1, -0.05) is 11.6 Å². The molecule has 8 heteroatoms. The molecule has 0 saturated carbocycles. The van der Waals surface area contributed by atoms with E-state index >= 15 is 0 Å². The quantitative estimate of drug-likeness (QED) is 0.826. The zero-order chi connectivity index (χ0) is 17.9. The van der Waals surface area contributed by atoms with Crippen LogP contribution < -0.4 is 9.64 Å².